The van der Waals surface area contributed by atoms with E-state index in [0.717, 1.165) is 0 Å². The molecule has 0 saturated carbocycles. The molecule has 0 radical (unpaired) electrons. The second-order valence-corrected chi connectivity index (χ2v) is 3.37. The quantitative estimate of drug-likeness (QED) is 0.516. The fraction of sp³-hybridized carbons (Fsp3) is 0.0833. The molecule has 0 spiro atoms. The summed E-state index contributed by atoms with van der Waals surface area (Å²) in [5.74, 6) is -0.370. The molecule has 0 amide bonds. The number of aromatic nitrogens is 1. The van der Waals surface area contributed by atoms with Gasteiger partial charge in [0.25, 0.3) is 0 Å². The Bertz CT molecular complexity index is 482. The Morgan fingerprint density at radius 3 is 2.53 bits per heavy atom. The molecule has 15 heavy (non-hydrogen) atoms. The Kier molecular flexibility index (Phi) is 2.37. The molecule has 0 aliphatic heterocycles. The summed E-state index contributed by atoms with van der Waals surface area (Å²) in [4.78, 5) is 0. The average molecular weight is 203 g/mol. The van der Waals surface area contributed by atoms with Gasteiger partial charge in [0.2, 0.25) is 0 Å². The molecule has 1 aromatic carbocycles. The first-order valence-electron chi connectivity index (χ1n) is 4.63. The topological polar surface area (TPSA) is 26.9 Å². The van der Waals surface area contributed by atoms with Crippen molar-refractivity contribution >= 4 is 0 Å². The van der Waals surface area contributed by atoms with E-state index in [0.29, 0.717) is 21.6 Å². The van der Waals surface area contributed by atoms with Crippen LogP contribution in [0.25, 0.3) is 11.1 Å². The van der Waals surface area contributed by atoms with Gasteiger partial charge in [0.05, 0.1) is 5.56 Å². The highest BCUT2D eigenvalue weighted by Gasteiger charge is 2.11. The highest BCUT2D eigenvalue weighted by atomic mass is 19.1. The monoisotopic (exact) mass is 203 g/mol. The molecule has 2 rings (SSSR count). The minimum Gasteiger partial charge on any atom is -0.618 e. The van der Waals surface area contributed by atoms with Crippen LogP contribution in [0.5, 0.6) is 0 Å². The maximum absolute atomic E-state index is 13.6. The number of aryl methyl sites for hydroxylation is 1. The minimum atomic E-state index is -0.370. The van der Waals surface area contributed by atoms with Crippen LogP contribution in [0.15, 0.2) is 42.6 Å². The van der Waals surface area contributed by atoms with Gasteiger partial charge in [-0.1, -0.05) is 30.3 Å². The Balaban J connectivity index is 2.59. The van der Waals surface area contributed by atoms with E-state index in [-0.39, 0.29) is 5.82 Å². The van der Waals surface area contributed by atoms with Crippen molar-refractivity contribution in [3.05, 3.63) is 59.3 Å². The zero-order valence-electron chi connectivity index (χ0n) is 8.27. The molecule has 1 heterocycles. The summed E-state index contributed by atoms with van der Waals surface area (Å²) >= 11 is 0. The van der Waals surface area contributed by atoms with Gasteiger partial charge in [-0.15, -0.1) is 0 Å². The summed E-state index contributed by atoms with van der Waals surface area (Å²) in [6, 6.07) is 10.3. The fourth-order valence-corrected chi connectivity index (χ4v) is 1.44. The Morgan fingerprint density at radius 2 is 1.87 bits per heavy atom. The highest BCUT2D eigenvalue weighted by Crippen LogP contribution is 2.20. The number of hydrogen-bond donors (Lipinski definition) is 0. The van der Waals surface area contributed by atoms with Gasteiger partial charge in [-0.25, -0.2) is 4.39 Å². The molecule has 0 bridgehead atoms. The third-order valence-electron chi connectivity index (χ3n) is 2.27. The van der Waals surface area contributed by atoms with Gasteiger partial charge in [-0.3, -0.25) is 0 Å². The third-order valence-corrected chi connectivity index (χ3v) is 2.27. The normalized spacial score (nSPS) is 10.3. The van der Waals surface area contributed by atoms with Crippen LogP contribution >= 0.6 is 0 Å². The molecule has 0 fully saturated rings. The predicted molar refractivity (Wildman–Crippen MR) is 55.5 cm³/mol. The van der Waals surface area contributed by atoms with Crippen molar-refractivity contribution in [1.29, 1.82) is 0 Å². The van der Waals surface area contributed by atoms with E-state index in [1.54, 1.807) is 19.1 Å². The standard InChI is InChI=1S/C12H10FNO/c1-9-7-12(13)11(8-14(9)15)10-5-3-2-4-6-10/h2-8H,1H3. The van der Waals surface area contributed by atoms with Crippen molar-refractivity contribution in [2.24, 2.45) is 0 Å². The van der Waals surface area contributed by atoms with Crippen molar-refractivity contribution in [3.8, 4) is 11.1 Å². The van der Waals surface area contributed by atoms with Crippen molar-refractivity contribution < 1.29 is 9.12 Å². The Hall–Kier alpha value is -1.90. The fourth-order valence-electron chi connectivity index (χ4n) is 1.44. The van der Waals surface area contributed by atoms with Crippen LogP contribution < -0.4 is 4.73 Å². The lowest BCUT2D eigenvalue weighted by atomic mass is 10.1. The van der Waals surface area contributed by atoms with Crippen molar-refractivity contribution in [2.75, 3.05) is 0 Å². The van der Waals surface area contributed by atoms with E-state index in [1.165, 1.54) is 12.3 Å². The van der Waals surface area contributed by atoms with E-state index in [2.05, 4.69) is 0 Å². The molecular weight excluding hydrogens is 193 g/mol. The molecule has 0 unspecified atom stereocenters. The van der Waals surface area contributed by atoms with Crippen LogP contribution in [0.3, 0.4) is 0 Å². The summed E-state index contributed by atoms with van der Waals surface area (Å²) in [6.07, 6.45) is 1.26. The van der Waals surface area contributed by atoms with Crippen molar-refractivity contribution in [1.82, 2.24) is 0 Å². The molecule has 1 aromatic heterocycles. The number of pyridine rings is 1. The van der Waals surface area contributed by atoms with E-state index in [4.69, 9.17) is 0 Å². The summed E-state index contributed by atoms with van der Waals surface area (Å²) in [5, 5.41) is 11.3. The lowest BCUT2D eigenvalue weighted by Gasteiger charge is -2.05. The molecule has 0 N–H and O–H groups in total. The number of benzene rings is 1. The molecule has 0 atom stereocenters. The SMILES string of the molecule is Cc1cc(F)c(-c2ccccc2)c[n+]1[O-]. The molecular formula is C12H10FNO. The molecule has 0 aliphatic carbocycles. The Morgan fingerprint density at radius 1 is 1.20 bits per heavy atom. The second kappa shape index (κ2) is 3.69. The van der Waals surface area contributed by atoms with Crippen LogP contribution in [0.1, 0.15) is 5.69 Å². The van der Waals surface area contributed by atoms with E-state index >= 15 is 0 Å². The largest absolute Gasteiger partial charge is 0.618 e. The maximum atomic E-state index is 13.6. The molecule has 76 valence electrons. The van der Waals surface area contributed by atoms with Gasteiger partial charge in [-0.05, 0) is 5.56 Å². The van der Waals surface area contributed by atoms with Crippen molar-refractivity contribution in [3.63, 3.8) is 0 Å². The summed E-state index contributed by atoms with van der Waals surface area (Å²) < 4.78 is 14.2. The lowest BCUT2D eigenvalue weighted by molar-refractivity contribution is -0.612. The smallest absolute Gasteiger partial charge is 0.192 e. The number of halogens is 1. The Labute approximate surface area is 87.2 Å². The zero-order valence-corrected chi connectivity index (χ0v) is 8.27. The van der Waals surface area contributed by atoms with Gasteiger partial charge in [-0.2, -0.15) is 4.73 Å². The first-order chi connectivity index (χ1) is 7.18. The van der Waals surface area contributed by atoms with Gasteiger partial charge in [0.1, 0.15) is 5.82 Å². The van der Waals surface area contributed by atoms with Gasteiger partial charge in [0, 0.05) is 13.0 Å². The number of rotatable bonds is 1. The third kappa shape index (κ3) is 1.81. The van der Waals surface area contributed by atoms with Crippen LogP contribution in [-0.4, -0.2) is 0 Å². The average Bonchev–Trinajstić information content (AvgIpc) is 2.25. The highest BCUT2D eigenvalue weighted by molar-refractivity contribution is 5.62. The predicted octanol–water partition coefficient (Wildman–Crippen LogP) is 2.43. The summed E-state index contributed by atoms with van der Waals surface area (Å²) in [5.41, 5.74) is 1.39. The van der Waals surface area contributed by atoms with Crippen LogP contribution in [-0.2, 0) is 0 Å². The summed E-state index contributed by atoms with van der Waals surface area (Å²) in [7, 11) is 0. The lowest BCUT2D eigenvalue weighted by Crippen LogP contribution is -2.29. The zero-order chi connectivity index (χ0) is 10.8. The molecule has 2 nitrogen and oxygen atoms in total. The molecule has 0 aliphatic rings. The summed E-state index contributed by atoms with van der Waals surface area (Å²) in [6.45, 7) is 1.57. The van der Waals surface area contributed by atoms with E-state index < -0.39 is 0 Å². The van der Waals surface area contributed by atoms with Crippen LogP contribution in [0.4, 0.5) is 4.39 Å². The van der Waals surface area contributed by atoms with Gasteiger partial charge >= 0.3 is 0 Å². The van der Waals surface area contributed by atoms with E-state index in [1.807, 2.05) is 18.2 Å². The van der Waals surface area contributed by atoms with Gasteiger partial charge < -0.3 is 5.21 Å². The van der Waals surface area contributed by atoms with Crippen LogP contribution in [0.2, 0.25) is 0 Å². The number of hydrogen-bond acceptors (Lipinski definition) is 1. The molecule has 3 heteroatoms. The van der Waals surface area contributed by atoms with E-state index in [9.17, 15) is 9.60 Å². The molecule has 0 saturated heterocycles. The first kappa shape index (κ1) is 9.65. The number of nitrogens with zero attached hydrogens (tertiary/aromatic N) is 1. The molecule has 2 aromatic rings. The van der Waals surface area contributed by atoms with Crippen LogP contribution in [0, 0.1) is 17.9 Å². The minimum absolute atomic E-state index is 0.330. The first-order valence-corrected chi connectivity index (χ1v) is 4.63. The second-order valence-electron chi connectivity index (χ2n) is 3.37. The van der Waals surface area contributed by atoms with Crippen molar-refractivity contribution in [2.45, 2.75) is 6.92 Å². The van der Waals surface area contributed by atoms with Gasteiger partial charge in [0.15, 0.2) is 11.9 Å². The maximum Gasteiger partial charge on any atom is 0.192 e.